The molecule has 2 heteroatoms. The Balaban J connectivity index is 2.00. The zero-order valence-electron chi connectivity index (χ0n) is 13.0. The van der Waals surface area contributed by atoms with Crippen LogP contribution < -0.4 is 4.74 Å². The molecule has 108 valence electrons. The molecule has 1 aliphatic carbocycles. The molecule has 0 amide bonds. The first-order valence-electron chi connectivity index (χ1n) is 7.52. The molecule has 0 unspecified atom stereocenters. The molecule has 2 nitrogen and oxygen atoms in total. The monoisotopic (exact) mass is 272 g/mol. The number of fused-ring (bicyclic) bond motifs is 1. The van der Waals surface area contributed by atoms with E-state index < -0.39 is 0 Å². The second-order valence-electron chi connectivity index (χ2n) is 8.24. The second-order valence-corrected chi connectivity index (χ2v) is 8.24. The lowest BCUT2D eigenvalue weighted by Crippen LogP contribution is -2.52. The van der Waals surface area contributed by atoms with Gasteiger partial charge in [0.1, 0.15) is 11.4 Å². The van der Waals surface area contributed by atoms with Crippen LogP contribution in [-0.2, 0) is 0 Å². The van der Waals surface area contributed by atoms with Crippen molar-refractivity contribution < 1.29 is 9.53 Å². The van der Waals surface area contributed by atoms with Gasteiger partial charge in [-0.05, 0) is 42.2 Å². The SMILES string of the molecule is CC1(C)CC(C)(C)CC2(CC(=O)c3ccccc3O2)C1. The molecule has 0 aromatic heterocycles. The quantitative estimate of drug-likeness (QED) is 0.688. The van der Waals surface area contributed by atoms with E-state index in [0.717, 1.165) is 24.2 Å². The van der Waals surface area contributed by atoms with Gasteiger partial charge in [0.25, 0.3) is 0 Å². The summed E-state index contributed by atoms with van der Waals surface area (Å²) in [4.78, 5) is 12.5. The molecule has 1 aromatic rings. The molecule has 1 fully saturated rings. The minimum Gasteiger partial charge on any atom is -0.486 e. The molecule has 1 saturated carbocycles. The molecule has 1 spiro atoms. The van der Waals surface area contributed by atoms with Crippen LogP contribution in [0.15, 0.2) is 24.3 Å². The molecule has 20 heavy (non-hydrogen) atoms. The lowest BCUT2D eigenvalue weighted by molar-refractivity contribution is -0.0714. The van der Waals surface area contributed by atoms with Crippen molar-refractivity contribution in [3.8, 4) is 5.75 Å². The van der Waals surface area contributed by atoms with Gasteiger partial charge < -0.3 is 4.74 Å². The Hall–Kier alpha value is -1.31. The molecular weight excluding hydrogens is 248 g/mol. The number of ether oxygens (including phenoxy) is 1. The number of benzene rings is 1. The first kappa shape index (κ1) is 13.7. The number of para-hydroxylation sites is 1. The third-order valence-corrected chi connectivity index (χ3v) is 4.56. The smallest absolute Gasteiger partial charge is 0.170 e. The summed E-state index contributed by atoms with van der Waals surface area (Å²) >= 11 is 0. The first-order chi connectivity index (χ1) is 9.21. The molecular formula is C18H24O2. The van der Waals surface area contributed by atoms with E-state index in [4.69, 9.17) is 4.74 Å². The average molecular weight is 272 g/mol. The predicted octanol–water partition coefficient (Wildman–Crippen LogP) is 4.63. The molecule has 2 aliphatic rings. The minimum atomic E-state index is -0.309. The van der Waals surface area contributed by atoms with Gasteiger partial charge in [-0.2, -0.15) is 0 Å². The predicted molar refractivity (Wildman–Crippen MR) is 80.2 cm³/mol. The average Bonchev–Trinajstić information content (AvgIpc) is 2.23. The van der Waals surface area contributed by atoms with Crippen LogP contribution in [0.4, 0.5) is 0 Å². The van der Waals surface area contributed by atoms with Crippen LogP contribution in [0, 0.1) is 10.8 Å². The van der Waals surface area contributed by atoms with Crippen molar-refractivity contribution in [1.29, 1.82) is 0 Å². The molecule has 0 N–H and O–H groups in total. The van der Waals surface area contributed by atoms with E-state index in [2.05, 4.69) is 27.7 Å². The first-order valence-corrected chi connectivity index (χ1v) is 7.52. The number of hydrogen-bond acceptors (Lipinski definition) is 2. The van der Waals surface area contributed by atoms with Crippen molar-refractivity contribution in [1.82, 2.24) is 0 Å². The normalized spacial score (nSPS) is 25.9. The van der Waals surface area contributed by atoms with Gasteiger partial charge in [0.15, 0.2) is 5.78 Å². The van der Waals surface area contributed by atoms with Gasteiger partial charge in [-0.3, -0.25) is 4.79 Å². The van der Waals surface area contributed by atoms with E-state index in [-0.39, 0.29) is 22.2 Å². The van der Waals surface area contributed by atoms with E-state index in [1.807, 2.05) is 24.3 Å². The Morgan fingerprint density at radius 3 is 2.20 bits per heavy atom. The Labute approximate surface area is 121 Å². The Morgan fingerprint density at radius 1 is 0.950 bits per heavy atom. The number of Topliss-reactive ketones (excluding diaryl/α,β-unsaturated/α-hetero) is 1. The zero-order valence-corrected chi connectivity index (χ0v) is 13.0. The van der Waals surface area contributed by atoms with E-state index in [0.29, 0.717) is 6.42 Å². The van der Waals surface area contributed by atoms with Crippen LogP contribution in [-0.4, -0.2) is 11.4 Å². The topological polar surface area (TPSA) is 26.3 Å². The summed E-state index contributed by atoms with van der Waals surface area (Å²) in [6.45, 7) is 9.18. The van der Waals surface area contributed by atoms with Gasteiger partial charge in [0, 0.05) is 0 Å². The molecule has 0 bridgehead atoms. The van der Waals surface area contributed by atoms with Gasteiger partial charge >= 0.3 is 0 Å². The summed E-state index contributed by atoms with van der Waals surface area (Å²) in [6.07, 6.45) is 3.63. The zero-order chi connectivity index (χ0) is 14.6. The summed E-state index contributed by atoms with van der Waals surface area (Å²) in [5.74, 6) is 1.01. The Kier molecular flexibility index (Phi) is 2.80. The highest BCUT2D eigenvalue weighted by atomic mass is 16.5. The number of ketones is 1. The summed E-state index contributed by atoms with van der Waals surface area (Å²) in [6, 6.07) is 7.67. The number of carbonyl (C=O) groups excluding carboxylic acids is 1. The summed E-state index contributed by atoms with van der Waals surface area (Å²) in [5.41, 5.74) is 0.874. The molecule has 1 aliphatic heterocycles. The maximum Gasteiger partial charge on any atom is 0.170 e. The molecule has 0 saturated heterocycles. The second kappa shape index (κ2) is 4.09. The summed E-state index contributed by atoms with van der Waals surface area (Å²) in [7, 11) is 0. The fourth-order valence-electron chi connectivity index (χ4n) is 4.87. The molecule has 0 atom stereocenters. The van der Waals surface area contributed by atoms with Crippen LogP contribution in [0.3, 0.4) is 0 Å². The highest BCUT2D eigenvalue weighted by molar-refractivity contribution is 6.00. The van der Waals surface area contributed by atoms with E-state index in [1.54, 1.807) is 0 Å². The summed E-state index contributed by atoms with van der Waals surface area (Å²) in [5, 5.41) is 0. The third kappa shape index (κ3) is 2.36. The van der Waals surface area contributed by atoms with Crippen LogP contribution in [0.5, 0.6) is 5.75 Å². The minimum absolute atomic E-state index is 0.217. The summed E-state index contributed by atoms with van der Waals surface area (Å²) < 4.78 is 6.38. The van der Waals surface area contributed by atoms with Gasteiger partial charge in [0.05, 0.1) is 12.0 Å². The standard InChI is InChI=1S/C18H24O2/c1-16(2)10-17(3,4)12-18(11-16)9-14(19)13-7-5-6-8-15(13)20-18/h5-8H,9-12H2,1-4H3. The van der Waals surface area contributed by atoms with Crippen molar-refractivity contribution >= 4 is 5.78 Å². The van der Waals surface area contributed by atoms with Gasteiger partial charge in [-0.25, -0.2) is 0 Å². The van der Waals surface area contributed by atoms with Crippen LogP contribution in [0.25, 0.3) is 0 Å². The van der Waals surface area contributed by atoms with Crippen LogP contribution >= 0.6 is 0 Å². The van der Waals surface area contributed by atoms with Crippen molar-refractivity contribution in [3.05, 3.63) is 29.8 Å². The van der Waals surface area contributed by atoms with Crippen LogP contribution in [0.1, 0.15) is 63.7 Å². The number of carbonyl (C=O) groups is 1. The third-order valence-electron chi connectivity index (χ3n) is 4.56. The van der Waals surface area contributed by atoms with E-state index in [9.17, 15) is 4.79 Å². The molecule has 1 aromatic carbocycles. The number of hydrogen-bond donors (Lipinski definition) is 0. The van der Waals surface area contributed by atoms with Gasteiger partial charge in [-0.15, -0.1) is 0 Å². The van der Waals surface area contributed by atoms with Gasteiger partial charge in [-0.1, -0.05) is 39.8 Å². The Bertz CT molecular complexity index is 538. The van der Waals surface area contributed by atoms with Crippen molar-refractivity contribution in [3.63, 3.8) is 0 Å². The van der Waals surface area contributed by atoms with Crippen molar-refractivity contribution in [2.75, 3.05) is 0 Å². The maximum atomic E-state index is 12.5. The maximum absolute atomic E-state index is 12.5. The lowest BCUT2D eigenvalue weighted by Gasteiger charge is -2.52. The Morgan fingerprint density at radius 2 is 1.55 bits per heavy atom. The van der Waals surface area contributed by atoms with Crippen LogP contribution in [0.2, 0.25) is 0 Å². The molecule has 1 heterocycles. The molecule has 0 radical (unpaired) electrons. The highest BCUT2D eigenvalue weighted by Gasteiger charge is 2.51. The number of rotatable bonds is 0. The fourth-order valence-corrected chi connectivity index (χ4v) is 4.87. The molecule has 3 rings (SSSR count). The largest absolute Gasteiger partial charge is 0.486 e. The fraction of sp³-hybridized carbons (Fsp3) is 0.611. The van der Waals surface area contributed by atoms with Crippen molar-refractivity contribution in [2.45, 2.75) is 59.0 Å². The van der Waals surface area contributed by atoms with E-state index >= 15 is 0 Å². The van der Waals surface area contributed by atoms with Gasteiger partial charge in [0.2, 0.25) is 0 Å². The van der Waals surface area contributed by atoms with E-state index in [1.165, 1.54) is 6.42 Å². The van der Waals surface area contributed by atoms with Crippen molar-refractivity contribution in [2.24, 2.45) is 10.8 Å². The highest BCUT2D eigenvalue weighted by Crippen LogP contribution is 2.54. The lowest BCUT2D eigenvalue weighted by atomic mass is 9.58.